The van der Waals surface area contributed by atoms with Gasteiger partial charge in [0, 0.05) is 25.6 Å². The van der Waals surface area contributed by atoms with Crippen LogP contribution in [0.5, 0.6) is 0 Å². The molecular formula is C15H24BrN3O. The van der Waals surface area contributed by atoms with Gasteiger partial charge in [0.25, 0.3) is 0 Å². The van der Waals surface area contributed by atoms with E-state index in [0.29, 0.717) is 12.6 Å². The fourth-order valence-electron chi connectivity index (χ4n) is 3.57. The highest BCUT2D eigenvalue weighted by molar-refractivity contribution is 9.10. The van der Waals surface area contributed by atoms with Crippen molar-refractivity contribution >= 4 is 15.9 Å². The number of rotatable bonds is 5. The molecule has 112 valence electrons. The predicted molar refractivity (Wildman–Crippen MR) is 82.6 cm³/mol. The van der Waals surface area contributed by atoms with Gasteiger partial charge in [-0.3, -0.25) is 4.68 Å². The van der Waals surface area contributed by atoms with E-state index < -0.39 is 0 Å². The summed E-state index contributed by atoms with van der Waals surface area (Å²) in [6.07, 6.45) is 5.95. The summed E-state index contributed by atoms with van der Waals surface area (Å²) in [5.41, 5.74) is 8.69. The number of hydrogen-bond donors (Lipinski definition) is 1. The first-order chi connectivity index (χ1) is 9.61. The number of aromatic nitrogens is 2. The second-order valence-electron chi connectivity index (χ2n) is 6.31. The highest BCUT2D eigenvalue weighted by Gasteiger charge is 2.50. The minimum absolute atomic E-state index is 0.0997. The van der Waals surface area contributed by atoms with E-state index in [9.17, 15) is 0 Å². The van der Waals surface area contributed by atoms with Crippen molar-refractivity contribution in [2.75, 3.05) is 13.2 Å². The Morgan fingerprint density at radius 2 is 2.25 bits per heavy atom. The third kappa shape index (κ3) is 2.34. The second-order valence-corrected chi connectivity index (χ2v) is 7.10. The summed E-state index contributed by atoms with van der Waals surface area (Å²) in [7, 11) is 2.03. The van der Waals surface area contributed by atoms with E-state index in [2.05, 4.69) is 28.0 Å². The Morgan fingerprint density at radius 3 is 2.80 bits per heavy atom. The summed E-state index contributed by atoms with van der Waals surface area (Å²) in [5.74, 6) is 0.735. The predicted octanol–water partition coefficient (Wildman–Crippen LogP) is 2.43. The molecule has 0 amide bonds. The number of aryl methyl sites for hydroxylation is 2. The SMILES string of the molecule is CCc1nn(C)c(CC2(CN)CCOC2C2CC2)c1Br. The molecular weight excluding hydrogens is 318 g/mol. The minimum atomic E-state index is 0.0997. The van der Waals surface area contributed by atoms with Crippen molar-refractivity contribution in [3.05, 3.63) is 15.9 Å². The van der Waals surface area contributed by atoms with Crippen LogP contribution < -0.4 is 5.73 Å². The van der Waals surface area contributed by atoms with Crippen molar-refractivity contribution in [1.29, 1.82) is 0 Å². The lowest BCUT2D eigenvalue weighted by molar-refractivity contribution is 0.0336. The van der Waals surface area contributed by atoms with E-state index in [0.717, 1.165) is 42.0 Å². The fourth-order valence-corrected chi connectivity index (χ4v) is 4.32. The number of hydrogen-bond acceptors (Lipinski definition) is 3. The van der Waals surface area contributed by atoms with Gasteiger partial charge in [0.15, 0.2) is 0 Å². The molecule has 3 rings (SSSR count). The molecule has 1 saturated carbocycles. The molecule has 0 radical (unpaired) electrons. The summed E-state index contributed by atoms with van der Waals surface area (Å²) in [6.45, 7) is 3.70. The molecule has 20 heavy (non-hydrogen) atoms. The molecule has 1 aliphatic carbocycles. The molecule has 4 nitrogen and oxygen atoms in total. The van der Waals surface area contributed by atoms with E-state index in [4.69, 9.17) is 10.5 Å². The van der Waals surface area contributed by atoms with Gasteiger partial charge >= 0.3 is 0 Å². The van der Waals surface area contributed by atoms with E-state index >= 15 is 0 Å². The van der Waals surface area contributed by atoms with Crippen LogP contribution in [0, 0.1) is 11.3 Å². The van der Waals surface area contributed by atoms with Crippen LogP contribution in [0.25, 0.3) is 0 Å². The average molecular weight is 342 g/mol. The number of nitrogens with two attached hydrogens (primary N) is 1. The van der Waals surface area contributed by atoms with Gasteiger partial charge in [0.2, 0.25) is 0 Å². The molecule has 5 heteroatoms. The zero-order valence-corrected chi connectivity index (χ0v) is 13.9. The van der Waals surface area contributed by atoms with Gasteiger partial charge < -0.3 is 10.5 Å². The van der Waals surface area contributed by atoms with Crippen molar-refractivity contribution in [1.82, 2.24) is 9.78 Å². The summed E-state index contributed by atoms with van der Waals surface area (Å²) < 4.78 is 9.22. The lowest BCUT2D eigenvalue weighted by Crippen LogP contribution is -2.42. The Labute approximate surface area is 129 Å². The molecule has 2 unspecified atom stereocenters. The second kappa shape index (κ2) is 5.43. The molecule has 2 atom stereocenters. The maximum Gasteiger partial charge on any atom is 0.0766 e. The molecule has 2 N–H and O–H groups in total. The largest absolute Gasteiger partial charge is 0.377 e. The molecule has 1 saturated heterocycles. The maximum absolute atomic E-state index is 6.19. The fraction of sp³-hybridized carbons (Fsp3) is 0.800. The summed E-state index contributed by atoms with van der Waals surface area (Å²) in [5, 5.41) is 4.61. The summed E-state index contributed by atoms with van der Waals surface area (Å²) >= 11 is 3.73. The van der Waals surface area contributed by atoms with Crippen molar-refractivity contribution in [2.45, 2.75) is 45.1 Å². The Balaban J connectivity index is 1.89. The van der Waals surface area contributed by atoms with Gasteiger partial charge in [-0.25, -0.2) is 0 Å². The molecule has 0 spiro atoms. The molecule has 2 heterocycles. The van der Waals surface area contributed by atoms with Gasteiger partial charge in [-0.15, -0.1) is 0 Å². The van der Waals surface area contributed by atoms with Crippen LogP contribution in [0.3, 0.4) is 0 Å². The van der Waals surface area contributed by atoms with E-state index in [1.165, 1.54) is 18.5 Å². The summed E-state index contributed by atoms with van der Waals surface area (Å²) in [6, 6.07) is 0. The number of ether oxygens (including phenoxy) is 1. The van der Waals surface area contributed by atoms with Crippen molar-refractivity contribution < 1.29 is 4.74 Å². The third-order valence-electron chi connectivity index (χ3n) is 4.98. The molecule has 2 aliphatic rings. The smallest absolute Gasteiger partial charge is 0.0766 e. The molecule has 1 aromatic rings. The van der Waals surface area contributed by atoms with Crippen molar-refractivity contribution in [3.63, 3.8) is 0 Å². The van der Waals surface area contributed by atoms with Crippen LogP contribution in [-0.4, -0.2) is 29.0 Å². The molecule has 1 aliphatic heterocycles. The van der Waals surface area contributed by atoms with Crippen LogP contribution in [-0.2, 0) is 24.6 Å². The van der Waals surface area contributed by atoms with Gasteiger partial charge in [0.1, 0.15) is 0 Å². The Bertz CT molecular complexity index is 498. The first kappa shape index (κ1) is 14.5. The third-order valence-corrected chi connectivity index (χ3v) is 5.90. The highest BCUT2D eigenvalue weighted by Crippen LogP contribution is 2.49. The zero-order chi connectivity index (χ0) is 14.3. The van der Waals surface area contributed by atoms with Gasteiger partial charge in [-0.2, -0.15) is 5.10 Å². The molecule has 1 aromatic heterocycles. The number of nitrogens with zero attached hydrogens (tertiary/aromatic N) is 2. The lowest BCUT2D eigenvalue weighted by Gasteiger charge is -2.33. The topological polar surface area (TPSA) is 53.1 Å². The maximum atomic E-state index is 6.19. The van der Waals surface area contributed by atoms with Crippen LogP contribution >= 0.6 is 15.9 Å². The molecule has 0 bridgehead atoms. The van der Waals surface area contributed by atoms with E-state index in [-0.39, 0.29) is 5.41 Å². The average Bonchev–Trinajstić information content (AvgIpc) is 3.16. The Kier molecular flexibility index (Phi) is 3.95. The van der Waals surface area contributed by atoms with Crippen LogP contribution in [0.4, 0.5) is 0 Å². The first-order valence-corrected chi connectivity index (χ1v) is 8.42. The van der Waals surface area contributed by atoms with Gasteiger partial charge in [-0.1, -0.05) is 6.92 Å². The highest BCUT2D eigenvalue weighted by atomic mass is 79.9. The normalized spacial score (nSPS) is 30.1. The first-order valence-electron chi connectivity index (χ1n) is 7.63. The number of halogens is 1. The molecule has 2 fully saturated rings. The minimum Gasteiger partial charge on any atom is -0.377 e. The van der Waals surface area contributed by atoms with Crippen LogP contribution in [0.15, 0.2) is 4.47 Å². The lowest BCUT2D eigenvalue weighted by atomic mass is 9.75. The van der Waals surface area contributed by atoms with Gasteiger partial charge in [-0.05, 0) is 54.0 Å². The van der Waals surface area contributed by atoms with Crippen molar-refractivity contribution in [3.8, 4) is 0 Å². The Morgan fingerprint density at radius 1 is 1.50 bits per heavy atom. The van der Waals surface area contributed by atoms with Crippen LogP contribution in [0.2, 0.25) is 0 Å². The quantitative estimate of drug-likeness (QED) is 0.894. The zero-order valence-electron chi connectivity index (χ0n) is 12.4. The van der Waals surface area contributed by atoms with Crippen LogP contribution in [0.1, 0.15) is 37.6 Å². The van der Waals surface area contributed by atoms with E-state index in [1.807, 2.05) is 11.7 Å². The monoisotopic (exact) mass is 341 g/mol. The Hall–Kier alpha value is -0.390. The van der Waals surface area contributed by atoms with Crippen molar-refractivity contribution in [2.24, 2.45) is 24.1 Å². The summed E-state index contributed by atoms with van der Waals surface area (Å²) in [4.78, 5) is 0. The molecule has 0 aromatic carbocycles. The van der Waals surface area contributed by atoms with E-state index in [1.54, 1.807) is 0 Å². The van der Waals surface area contributed by atoms with Gasteiger partial charge in [0.05, 0.1) is 22.0 Å². The standard InChI is InChI=1S/C15H24BrN3O/c1-3-11-13(16)12(19(2)18-11)8-15(9-17)6-7-20-14(15)10-4-5-10/h10,14H,3-9,17H2,1-2H3.